The predicted octanol–water partition coefficient (Wildman–Crippen LogP) is 2.73. The summed E-state index contributed by atoms with van der Waals surface area (Å²) in [6.45, 7) is 0.747. The zero-order valence-corrected chi connectivity index (χ0v) is 11.9. The van der Waals surface area contributed by atoms with Crippen molar-refractivity contribution in [2.45, 2.75) is 45.1 Å². The second-order valence-corrected chi connectivity index (χ2v) is 5.36. The molecule has 0 unspecified atom stereocenters. The maximum Gasteiger partial charge on any atom is 0.224 e. The number of aliphatic hydroxyl groups excluding tert-OH is 1. The molecule has 0 saturated carbocycles. The van der Waals surface area contributed by atoms with Gasteiger partial charge >= 0.3 is 0 Å². The lowest BCUT2D eigenvalue weighted by Gasteiger charge is -2.12. The number of hydrogen-bond donors (Lipinski definition) is 2. The third-order valence-electron chi connectivity index (χ3n) is 3.71. The minimum Gasteiger partial charge on any atom is -0.392 e. The number of benzene rings is 1. The quantitative estimate of drug-likeness (QED) is 0.783. The van der Waals surface area contributed by atoms with Gasteiger partial charge in [0, 0.05) is 13.0 Å². The molecule has 0 aliphatic heterocycles. The van der Waals surface area contributed by atoms with Crippen LogP contribution in [0.15, 0.2) is 35.9 Å². The fraction of sp³-hybridized carbons (Fsp3) is 0.471. The Morgan fingerprint density at radius 1 is 1.15 bits per heavy atom. The molecule has 0 saturated heterocycles. The highest BCUT2D eigenvalue weighted by atomic mass is 16.3. The van der Waals surface area contributed by atoms with E-state index in [2.05, 4.69) is 11.4 Å². The largest absolute Gasteiger partial charge is 0.392 e. The van der Waals surface area contributed by atoms with Gasteiger partial charge in [-0.1, -0.05) is 35.9 Å². The number of amides is 1. The van der Waals surface area contributed by atoms with Crippen LogP contribution in [0.4, 0.5) is 0 Å². The summed E-state index contributed by atoms with van der Waals surface area (Å²) in [7, 11) is 0. The zero-order valence-electron chi connectivity index (χ0n) is 11.9. The van der Waals surface area contributed by atoms with E-state index in [4.69, 9.17) is 5.11 Å². The second-order valence-electron chi connectivity index (χ2n) is 5.36. The highest BCUT2D eigenvalue weighted by Crippen LogP contribution is 2.19. The summed E-state index contributed by atoms with van der Waals surface area (Å²) in [4.78, 5) is 11.8. The Morgan fingerprint density at radius 3 is 2.55 bits per heavy atom. The van der Waals surface area contributed by atoms with Gasteiger partial charge in [-0.15, -0.1) is 0 Å². The lowest BCUT2D eigenvalue weighted by atomic mass is 9.97. The van der Waals surface area contributed by atoms with Crippen molar-refractivity contribution < 1.29 is 9.90 Å². The predicted molar refractivity (Wildman–Crippen MR) is 80.2 cm³/mol. The van der Waals surface area contributed by atoms with Crippen LogP contribution in [-0.4, -0.2) is 17.6 Å². The number of rotatable bonds is 6. The Bertz CT molecular complexity index is 462. The average Bonchev–Trinajstić information content (AvgIpc) is 2.49. The molecule has 0 fully saturated rings. The summed E-state index contributed by atoms with van der Waals surface area (Å²) >= 11 is 0. The van der Waals surface area contributed by atoms with E-state index in [0.717, 1.165) is 24.8 Å². The summed E-state index contributed by atoms with van der Waals surface area (Å²) < 4.78 is 0. The summed E-state index contributed by atoms with van der Waals surface area (Å²) in [5.74, 6) is 0.130. The third-order valence-corrected chi connectivity index (χ3v) is 3.71. The Morgan fingerprint density at radius 2 is 1.90 bits per heavy atom. The monoisotopic (exact) mass is 273 g/mol. The van der Waals surface area contributed by atoms with Crippen LogP contribution in [-0.2, 0) is 17.8 Å². The first kappa shape index (κ1) is 14.8. The van der Waals surface area contributed by atoms with Crippen molar-refractivity contribution in [2.24, 2.45) is 0 Å². The standard InChI is InChI=1S/C17H23NO2/c19-13-16-8-6-14(7-9-16)10-11-18-17(20)12-15-4-2-1-3-5-15/h4,6-9,19H,1-3,5,10-13H2,(H,18,20). The molecule has 0 bridgehead atoms. The Labute approximate surface area is 120 Å². The molecule has 0 spiro atoms. The van der Waals surface area contributed by atoms with Crippen LogP contribution in [0.25, 0.3) is 0 Å². The van der Waals surface area contributed by atoms with Gasteiger partial charge in [-0.2, -0.15) is 0 Å². The highest BCUT2D eigenvalue weighted by molar-refractivity contribution is 5.78. The molecule has 3 heteroatoms. The molecule has 1 amide bonds. The summed E-state index contributed by atoms with van der Waals surface area (Å²) in [5.41, 5.74) is 3.39. The van der Waals surface area contributed by atoms with Gasteiger partial charge in [0.25, 0.3) is 0 Å². The number of allylic oxidation sites excluding steroid dienone is 1. The maximum atomic E-state index is 11.8. The van der Waals surface area contributed by atoms with Crippen LogP contribution in [0, 0.1) is 0 Å². The van der Waals surface area contributed by atoms with Gasteiger partial charge in [0.15, 0.2) is 0 Å². The number of carbonyl (C=O) groups is 1. The molecule has 1 aromatic rings. The van der Waals surface area contributed by atoms with Gasteiger partial charge in [0.2, 0.25) is 5.91 Å². The van der Waals surface area contributed by atoms with E-state index in [1.165, 1.54) is 24.0 Å². The lowest BCUT2D eigenvalue weighted by molar-refractivity contribution is -0.120. The van der Waals surface area contributed by atoms with Crippen molar-refractivity contribution in [3.8, 4) is 0 Å². The summed E-state index contributed by atoms with van der Waals surface area (Å²) in [6, 6.07) is 7.84. The molecule has 0 heterocycles. The van der Waals surface area contributed by atoms with Crippen LogP contribution in [0.1, 0.15) is 43.2 Å². The smallest absolute Gasteiger partial charge is 0.224 e. The van der Waals surface area contributed by atoms with Crippen LogP contribution in [0.5, 0.6) is 0 Å². The minimum atomic E-state index is 0.0755. The van der Waals surface area contributed by atoms with Crippen molar-refractivity contribution in [1.29, 1.82) is 0 Å². The van der Waals surface area contributed by atoms with Crippen molar-refractivity contribution in [3.05, 3.63) is 47.0 Å². The normalized spacial score (nSPS) is 14.8. The second kappa shape index (κ2) is 7.85. The van der Waals surface area contributed by atoms with E-state index in [1.54, 1.807) is 0 Å². The summed E-state index contributed by atoms with van der Waals surface area (Å²) in [5, 5.41) is 11.9. The average molecular weight is 273 g/mol. The molecule has 0 aromatic heterocycles. The molecule has 1 aliphatic carbocycles. The molecule has 108 valence electrons. The Kier molecular flexibility index (Phi) is 5.81. The van der Waals surface area contributed by atoms with E-state index in [1.807, 2.05) is 24.3 Å². The third kappa shape index (κ3) is 4.82. The Balaban J connectivity index is 1.69. The molecule has 2 rings (SSSR count). The first-order valence-electron chi connectivity index (χ1n) is 7.41. The fourth-order valence-electron chi connectivity index (χ4n) is 2.49. The van der Waals surface area contributed by atoms with E-state index < -0.39 is 0 Å². The van der Waals surface area contributed by atoms with Crippen molar-refractivity contribution in [2.75, 3.05) is 6.54 Å². The van der Waals surface area contributed by atoms with Crippen LogP contribution >= 0.6 is 0 Å². The van der Waals surface area contributed by atoms with E-state index >= 15 is 0 Å². The van der Waals surface area contributed by atoms with Crippen LogP contribution in [0.3, 0.4) is 0 Å². The first-order chi connectivity index (χ1) is 9.78. The van der Waals surface area contributed by atoms with Gasteiger partial charge in [-0.3, -0.25) is 4.79 Å². The zero-order chi connectivity index (χ0) is 14.2. The molecule has 3 nitrogen and oxygen atoms in total. The molecule has 1 aromatic carbocycles. The van der Waals surface area contributed by atoms with Crippen molar-refractivity contribution >= 4 is 5.91 Å². The van der Waals surface area contributed by atoms with Crippen LogP contribution in [0.2, 0.25) is 0 Å². The molecule has 2 N–H and O–H groups in total. The molecule has 20 heavy (non-hydrogen) atoms. The maximum absolute atomic E-state index is 11.8. The topological polar surface area (TPSA) is 49.3 Å². The van der Waals surface area contributed by atoms with Gasteiger partial charge in [-0.25, -0.2) is 0 Å². The number of carbonyl (C=O) groups excluding carboxylic acids is 1. The minimum absolute atomic E-state index is 0.0755. The van der Waals surface area contributed by atoms with Gasteiger partial charge in [-0.05, 0) is 43.2 Å². The molecule has 1 aliphatic rings. The molecular formula is C17H23NO2. The van der Waals surface area contributed by atoms with Gasteiger partial charge < -0.3 is 10.4 Å². The molecule has 0 radical (unpaired) electrons. The SMILES string of the molecule is O=C(CC1=CCCCC1)NCCc1ccc(CO)cc1. The number of hydrogen-bond acceptors (Lipinski definition) is 2. The van der Waals surface area contributed by atoms with Crippen LogP contribution < -0.4 is 5.32 Å². The lowest BCUT2D eigenvalue weighted by Crippen LogP contribution is -2.26. The van der Waals surface area contributed by atoms with Gasteiger partial charge in [0.1, 0.15) is 0 Å². The highest BCUT2D eigenvalue weighted by Gasteiger charge is 2.08. The van der Waals surface area contributed by atoms with Crippen molar-refractivity contribution in [1.82, 2.24) is 5.32 Å². The van der Waals surface area contributed by atoms with Gasteiger partial charge in [0.05, 0.1) is 6.61 Å². The van der Waals surface area contributed by atoms with Crippen molar-refractivity contribution in [3.63, 3.8) is 0 Å². The Hall–Kier alpha value is -1.61. The van der Waals surface area contributed by atoms with E-state index in [0.29, 0.717) is 13.0 Å². The number of nitrogens with one attached hydrogen (secondary N) is 1. The fourth-order valence-corrected chi connectivity index (χ4v) is 2.49. The number of aliphatic hydroxyl groups is 1. The van der Waals surface area contributed by atoms with E-state index in [9.17, 15) is 4.79 Å². The first-order valence-corrected chi connectivity index (χ1v) is 7.41. The molecular weight excluding hydrogens is 250 g/mol. The summed E-state index contributed by atoms with van der Waals surface area (Å²) in [6.07, 6.45) is 8.29. The molecule has 0 atom stereocenters. The van der Waals surface area contributed by atoms with E-state index in [-0.39, 0.29) is 12.5 Å².